The highest BCUT2D eigenvalue weighted by Gasteiger charge is 2.27. The molecule has 1 fully saturated rings. The highest BCUT2D eigenvalue weighted by atomic mass is 16.5. The standard InChI is InChI=1S/C14H19N5O2/c1-10-7-16-14(17-10)12-8-19(5-6-21-12)13(20)9-18-4-3-15-11(18)2/h3-4,7,12H,5-6,8-9H2,1-2H3,(H,16,17)/t12-/m0/s1. The molecule has 112 valence electrons. The van der Waals surface area contributed by atoms with Gasteiger partial charge in [-0.05, 0) is 13.8 Å². The minimum absolute atomic E-state index is 0.0766. The molecule has 0 unspecified atom stereocenters. The fourth-order valence-electron chi connectivity index (χ4n) is 2.45. The first-order valence-electron chi connectivity index (χ1n) is 7.02. The number of carbonyl (C=O) groups is 1. The van der Waals surface area contributed by atoms with Crippen molar-refractivity contribution in [3.8, 4) is 0 Å². The van der Waals surface area contributed by atoms with Gasteiger partial charge in [-0.1, -0.05) is 0 Å². The molecule has 2 aromatic heterocycles. The smallest absolute Gasteiger partial charge is 0.242 e. The average molecular weight is 289 g/mol. The van der Waals surface area contributed by atoms with Gasteiger partial charge in [-0.15, -0.1) is 0 Å². The van der Waals surface area contributed by atoms with Crippen molar-refractivity contribution in [2.45, 2.75) is 26.5 Å². The van der Waals surface area contributed by atoms with E-state index in [1.807, 2.05) is 29.5 Å². The number of nitrogens with zero attached hydrogens (tertiary/aromatic N) is 4. The summed E-state index contributed by atoms with van der Waals surface area (Å²) in [4.78, 5) is 25.8. The van der Waals surface area contributed by atoms with E-state index in [0.717, 1.165) is 17.3 Å². The predicted molar refractivity (Wildman–Crippen MR) is 75.6 cm³/mol. The van der Waals surface area contributed by atoms with Crippen LogP contribution in [0.2, 0.25) is 0 Å². The predicted octanol–water partition coefficient (Wildman–Crippen LogP) is 0.823. The zero-order valence-electron chi connectivity index (χ0n) is 12.2. The molecule has 7 nitrogen and oxygen atoms in total. The Morgan fingerprint density at radius 3 is 3.00 bits per heavy atom. The van der Waals surface area contributed by atoms with Crippen LogP contribution in [0.4, 0.5) is 0 Å². The van der Waals surface area contributed by atoms with Crippen LogP contribution in [0.1, 0.15) is 23.4 Å². The maximum Gasteiger partial charge on any atom is 0.242 e. The van der Waals surface area contributed by atoms with Gasteiger partial charge in [0.25, 0.3) is 0 Å². The fourth-order valence-corrected chi connectivity index (χ4v) is 2.45. The van der Waals surface area contributed by atoms with E-state index in [0.29, 0.717) is 26.2 Å². The van der Waals surface area contributed by atoms with Gasteiger partial charge in [0.15, 0.2) is 0 Å². The molecule has 1 saturated heterocycles. The van der Waals surface area contributed by atoms with Gasteiger partial charge in [0.2, 0.25) is 5.91 Å². The molecule has 3 heterocycles. The van der Waals surface area contributed by atoms with Gasteiger partial charge >= 0.3 is 0 Å². The lowest BCUT2D eigenvalue weighted by atomic mass is 10.2. The lowest BCUT2D eigenvalue weighted by Crippen LogP contribution is -2.44. The minimum atomic E-state index is -0.180. The molecule has 0 aliphatic carbocycles. The van der Waals surface area contributed by atoms with Gasteiger partial charge in [-0.25, -0.2) is 9.97 Å². The highest BCUT2D eigenvalue weighted by Crippen LogP contribution is 2.20. The lowest BCUT2D eigenvalue weighted by molar-refractivity contribution is -0.140. The molecule has 0 aromatic carbocycles. The summed E-state index contributed by atoms with van der Waals surface area (Å²) in [5.74, 6) is 1.70. The maximum absolute atomic E-state index is 12.4. The monoisotopic (exact) mass is 289 g/mol. The summed E-state index contributed by atoms with van der Waals surface area (Å²) < 4.78 is 7.56. The number of aryl methyl sites for hydroxylation is 2. The van der Waals surface area contributed by atoms with Crippen LogP contribution >= 0.6 is 0 Å². The molecule has 0 bridgehead atoms. The molecule has 1 atom stereocenters. The van der Waals surface area contributed by atoms with Crippen molar-refractivity contribution in [1.82, 2.24) is 24.4 Å². The van der Waals surface area contributed by atoms with Crippen molar-refractivity contribution in [2.75, 3.05) is 19.7 Å². The molecule has 1 N–H and O–H groups in total. The quantitative estimate of drug-likeness (QED) is 0.907. The summed E-state index contributed by atoms with van der Waals surface area (Å²) in [6.45, 7) is 5.82. The van der Waals surface area contributed by atoms with Crippen molar-refractivity contribution in [3.63, 3.8) is 0 Å². The first kappa shape index (κ1) is 13.8. The van der Waals surface area contributed by atoms with E-state index >= 15 is 0 Å². The molecule has 1 amide bonds. The third-order valence-corrected chi connectivity index (χ3v) is 3.68. The summed E-state index contributed by atoms with van der Waals surface area (Å²) in [5.41, 5.74) is 0.992. The minimum Gasteiger partial charge on any atom is -0.367 e. The van der Waals surface area contributed by atoms with Crippen LogP contribution in [0.15, 0.2) is 18.6 Å². The Balaban J connectivity index is 1.65. The Morgan fingerprint density at radius 2 is 2.33 bits per heavy atom. The Labute approximate surface area is 123 Å². The molecular formula is C14H19N5O2. The molecule has 0 radical (unpaired) electrons. The molecule has 0 saturated carbocycles. The third-order valence-electron chi connectivity index (χ3n) is 3.68. The zero-order valence-corrected chi connectivity index (χ0v) is 12.2. The topological polar surface area (TPSA) is 76.0 Å². The van der Waals surface area contributed by atoms with Gasteiger partial charge in [-0.3, -0.25) is 4.79 Å². The molecule has 2 aromatic rings. The average Bonchev–Trinajstić information content (AvgIpc) is 3.08. The Morgan fingerprint density at radius 1 is 1.48 bits per heavy atom. The number of amides is 1. The number of nitrogens with one attached hydrogen (secondary N) is 1. The number of aromatic nitrogens is 4. The largest absolute Gasteiger partial charge is 0.367 e. The first-order valence-corrected chi connectivity index (χ1v) is 7.02. The Bertz CT molecular complexity index is 633. The molecule has 1 aliphatic heterocycles. The van der Waals surface area contributed by atoms with Crippen LogP contribution < -0.4 is 0 Å². The van der Waals surface area contributed by atoms with Crippen molar-refractivity contribution in [1.29, 1.82) is 0 Å². The van der Waals surface area contributed by atoms with Crippen LogP contribution in [0.25, 0.3) is 0 Å². The van der Waals surface area contributed by atoms with E-state index in [1.54, 1.807) is 12.4 Å². The van der Waals surface area contributed by atoms with Crippen LogP contribution in [-0.4, -0.2) is 50.0 Å². The molecular weight excluding hydrogens is 270 g/mol. The number of morpholine rings is 1. The van der Waals surface area contributed by atoms with Gasteiger partial charge < -0.3 is 19.2 Å². The van der Waals surface area contributed by atoms with Gasteiger partial charge in [0, 0.05) is 30.8 Å². The van der Waals surface area contributed by atoms with Crippen molar-refractivity contribution >= 4 is 5.91 Å². The van der Waals surface area contributed by atoms with E-state index in [2.05, 4.69) is 15.0 Å². The summed E-state index contributed by atoms with van der Waals surface area (Å²) in [6, 6.07) is 0. The van der Waals surface area contributed by atoms with E-state index in [-0.39, 0.29) is 12.0 Å². The second-order valence-electron chi connectivity index (χ2n) is 5.25. The van der Waals surface area contributed by atoms with Crippen LogP contribution in [0.5, 0.6) is 0 Å². The number of carbonyl (C=O) groups excluding carboxylic acids is 1. The molecule has 7 heteroatoms. The lowest BCUT2D eigenvalue weighted by Gasteiger charge is -2.32. The number of hydrogen-bond acceptors (Lipinski definition) is 4. The van der Waals surface area contributed by atoms with E-state index in [9.17, 15) is 4.79 Å². The number of aromatic amines is 1. The van der Waals surface area contributed by atoms with Crippen molar-refractivity contribution in [2.24, 2.45) is 0 Å². The number of rotatable bonds is 3. The highest BCUT2D eigenvalue weighted by molar-refractivity contribution is 5.76. The number of ether oxygens (including phenoxy) is 1. The van der Waals surface area contributed by atoms with E-state index in [4.69, 9.17) is 4.74 Å². The second-order valence-corrected chi connectivity index (χ2v) is 5.25. The van der Waals surface area contributed by atoms with Crippen LogP contribution in [-0.2, 0) is 16.1 Å². The number of imidazole rings is 2. The summed E-state index contributed by atoms with van der Waals surface area (Å²) in [6.07, 6.45) is 5.12. The van der Waals surface area contributed by atoms with Gasteiger partial charge in [0.1, 0.15) is 24.3 Å². The Hall–Kier alpha value is -2.15. The molecule has 1 aliphatic rings. The summed E-state index contributed by atoms with van der Waals surface area (Å²) in [5, 5.41) is 0. The van der Waals surface area contributed by atoms with Crippen molar-refractivity contribution in [3.05, 3.63) is 35.9 Å². The Kier molecular flexibility index (Phi) is 3.74. The second kappa shape index (κ2) is 5.69. The van der Waals surface area contributed by atoms with E-state index in [1.165, 1.54) is 0 Å². The molecule has 21 heavy (non-hydrogen) atoms. The van der Waals surface area contributed by atoms with Gasteiger partial charge in [-0.2, -0.15) is 0 Å². The zero-order chi connectivity index (χ0) is 14.8. The normalized spacial score (nSPS) is 19.0. The number of H-pyrrole nitrogens is 1. The third kappa shape index (κ3) is 2.97. The van der Waals surface area contributed by atoms with Crippen molar-refractivity contribution < 1.29 is 9.53 Å². The SMILES string of the molecule is Cc1cnc([C@@H]2CN(C(=O)Cn3ccnc3C)CCO2)[nH]1. The molecule has 0 spiro atoms. The molecule has 3 rings (SSSR count). The summed E-state index contributed by atoms with van der Waals surface area (Å²) in [7, 11) is 0. The number of hydrogen-bond donors (Lipinski definition) is 1. The van der Waals surface area contributed by atoms with Crippen LogP contribution in [0.3, 0.4) is 0 Å². The van der Waals surface area contributed by atoms with E-state index < -0.39 is 0 Å². The van der Waals surface area contributed by atoms with Crippen LogP contribution in [0, 0.1) is 13.8 Å². The first-order chi connectivity index (χ1) is 10.1. The van der Waals surface area contributed by atoms with Gasteiger partial charge in [0.05, 0.1) is 13.2 Å². The maximum atomic E-state index is 12.4. The summed E-state index contributed by atoms with van der Waals surface area (Å²) >= 11 is 0. The fraction of sp³-hybridized carbons (Fsp3) is 0.500.